The smallest absolute Gasteiger partial charge is 0.247 e. The number of nitrogens with one attached hydrogen (secondary N) is 1. The van der Waals surface area contributed by atoms with Gasteiger partial charge in [-0.3, -0.25) is 9.59 Å². The topological polar surface area (TPSA) is 96.0 Å². The number of benzene rings is 2. The van der Waals surface area contributed by atoms with Crippen LogP contribution in [-0.2, 0) is 30.9 Å². The molecule has 0 bridgehead atoms. The van der Waals surface area contributed by atoms with Gasteiger partial charge in [-0.05, 0) is 24.0 Å². The molecule has 2 aromatic rings. The second-order valence-electron chi connectivity index (χ2n) is 8.22. The fourth-order valence-corrected chi connectivity index (χ4v) is 4.07. The van der Waals surface area contributed by atoms with Crippen LogP contribution in [0.15, 0.2) is 60.7 Å². The Hall–Kier alpha value is -2.75. The molecule has 0 saturated carbocycles. The minimum Gasteiger partial charge on any atom is -0.376 e. The number of amides is 2. The first kappa shape index (κ1) is 24.9. The Labute approximate surface area is 195 Å². The van der Waals surface area contributed by atoms with Crippen LogP contribution in [0.1, 0.15) is 30.0 Å². The molecule has 0 aromatic heterocycles. The SMILES string of the molecule is CN(CC(=O)N(Cc1ccccc1)[C@H](C(=O)NC[C@@H]1CCCO1)c1ccccc1)S(C)(=O)=O. The van der Waals surface area contributed by atoms with E-state index in [1.807, 2.05) is 48.5 Å². The molecule has 0 radical (unpaired) electrons. The molecule has 1 saturated heterocycles. The highest BCUT2D eigenvalue weighted by molar-refractivity contribution is 7.88. The van der Waals surface area contributed by atoms with E-state index in [1.165, 1.54) is 11.9 Å². The molecule has 0 spiro atoms. The molecule has 0 aliphatic carbocycles. The highest BCUT2D eigenvalue weighted by atomic mass is 32.2. The third kappa shape index (κ3) is 7.12. The van der Waals surface area contributed by atoms with E-state index in [0.29, 0.717) is 18.7 Å². The van der Waals surface area contributed by atoms with Gasteiger partial charge in [0.1, 0.15) is 6.04 Å². The minimum absolute atomic E-state index is 0.0417. The van der Waals surface area contributed by atoms with Gasteiger partial charge in [0.25, 0.3) is 0 Å². The quantitative estimate of drug-likeness (QED) is 0.569. The van der Waals surface area contributed by atoms with Crippen molar-refractivity contribution in [3.8, 4) is 0 Å². The van der Waals surface area contributed by atoms with Crippen molar-refractivity contribution < 1.29 is 22.7 Å². The maximum atomic E-state index is 13.4. The Bertz CT molecular complexity index is 1020. The molecular weight excluding hydrogens is 442 g/mol. The zero-order chi connectivity index (χ0) is 23.8. The number of rotatable bonds is 10. The molecular formula is C24H31N3O5S. The van der Waals surface area contributed by atoms with Gasteiger partial charge in [0, 0.05) is 26.7 Å². The first-order chi connectivity index (χ1) is 15.8. The summed E-state index contributed by atoms with van der Waals surface area (Å²) in [5.41, 5.74) is 1.48. The Morgan fingerprint density at radius 2 is 1.73 bits per heavy atom. The second kappa shape index (κ2) is 11.4. The molecule has 33 heavy (non-hydrogen) atoms. The van der Waals surface area contributed by atoms with Gasteiger partial charge in [-0.15, -0.1) is 0 Å². The third-order valence-corrected chi connectivity index (χ3v) is 6.90. The summed E-state index contributed by atoms with van der Waals surface area (Å²) in [5, 5.41) is 2.94. The lowest BCUT2D eigenvalue weighted by atomic mass is 10.0. The lowest BCUT2D eigenvalue weighted by molar-refractivity contribution is -0.141. The first-order valence-corrected chi connectivity index (χ1v) is 12.8. The van der Waals surface area contributed by atoms with Gasteiger partial charge in [0.2, 0.25) is 21.8 Å². The molecule has 1 N–H and O–H groups in total. The minimum atomic E-state index is -3.57. The summed E-state index contributed by atoms with van der Waals surface area (Å²) in [6, 6.07) is 17.4. The fraction of sp³-hybridized carbons (Fsp3) is 0.417. The molecule has 1 aliphatic heterocycles. The Balaban J connectivity index is 1.92. The van der Waals surface area contributed by atoms with Crippen LogP contribution >= 0.6 is 0 Å². The molecule has 2 aromatic carbocycles. The molecule has 2 atom stereocenters. The van der Waals surface area contributed by atoms with Gasteiger partial charge in [0.05, 0.1) is 18.9 Å². The van der Waals surface area contributed by atoms with Gasteiger partial charge >= 0.3 is 0 Å². The van der Waals surface area contributed by atoms with Gasteiger partial charge < -0.3 is 15.0 Å². The predicted octanol–water partition coefficient (Wildman–Crippen LogP) is 1.94. The van der Waals surface area contributed by atoms with Crippen LogP contribution in [0, 0.1) is 0 Å². The standard InChI is InChI=1S/C24H31N3O5S/c1-26(33(2,30)31)18-22(28)27(17-19-10-5-3-6-11-19)23(20-12-7-4-8-13-20)24(29)25-16-21-14-9-15-32-21/h3-8,10-13,21,23H,9,14-18H2,1-2H3,(H,25,29)/t21-,23-/m0/s1. The average molecular weight is 474 g/mol. The van der Waals surface area contributed by atoms with Crippen molar-refractivity contribution in [3.05, 3.63) is 71.8 Å². The van der Waals surface area contributed by atoms with E-state index >= 15 is 0 Å². The summed E-state index contributed by atoms with van der Waals surface area (Å²) < 4.78 is 30.5. The number of ether oxygens (including phenoxy) is 1. The summed E-state index contributed by atoms with van der Waals surface area (Å²) in [7, 11) is -2.22. The van der Waals surface area contributed by atoms with Crippen LogP contribution in [0.5, 0.6) is 0 Å². The average Bonchev–Trinajstić information content (AvgIpc) is 3.32. The van der Waals surface area contributed by atoms with Crippen molar-refractivity contribution in [3.63, 3.8) is 0 Å². The molecule has 0 unspecified atom stereocenters. The van der Waals surface area contributed by atoms with Gasteiger partial charge in [0.15, 0.2) is 0 Å². The molecule has 1 heterocycles. The highest BCUT2D eigenvalue weighted by Crippen LogP contribution is 2.24. The number of hydrogen-bond donors (Lipinski definition) is 1. The van der Waals surface area contributed by atoms with E-state index in [-0.39, 0.29) is 25.1 Å². The molecule has 2 amide bonds. The van der Waals surface area contributed by atoms with E-state index in [2.05, 4.69) is 5.32 Å². The summed E-state index contributed by atoms with van der Waals surface area (Å²) in [6.45, 7) is 0.829. The fourth-order valence-electron chi connectivity index (χ4n) is 3.73. The number of hydrogen-bond acceptors (Lipinski definition) is 5. The summed E-state index contributed by atoms with van der Waals surface area (Å²) >= 11 is 0. The van der Waals surface area contributed by atoms with E-state index in [0.717, 1.165) is 29.0 Å². The second-order valence-corrected chi connectivity index (χ2v) is 10.3. The Morgan fingerprint density at radius 1 is 1.09 bits per heavy atom. The number of carbonyl (C=O) groups excluding carboxylic acids is 2. The maximum Gasteiger partial charge on any atom is 0.247 e. The lowest BCUT2D eigenvalue weighted by Gasteiger charge is -2.33. The predicted molar refractivity (Wildman–Crippen MR) is 126 cm³/mol. The van der Waals surface area contributed by atoms with Gasteiger partial charge in [-0.2, -0.15) is 4.31 Å². The van der Waals surface area contributed by atoms with Gasteiger partial charge in [-0.25, -0.2) is 8.42 Å². The van der Waals surface area contributed by atoms with Crippen molar-refractivity contribution in [1.29, 1.82) is 0 Å². The molecule has 9 heteroatoms. The molecule has 3 rings (SSSR count). The zero-order valence-corrected chi connectivity index (χ0v) is 19.8. The van der Waals surface area contributed by atoms with Crippen molar-refractivity contribution in [1.82, 2.24) is 14.5 Å². The summed E-state index contributed by atoms with van der Waals surface area (Å²) in [5.74, 6) is -0.795. The first-order valence-electron chi connectivity index (χ1n) is 10.9. The Kier molecular flexibility index (Phi) is 8.60. The summed E-state index contributed by atoms with van der Waals surface area (Å²) in [4.78, 5) is 28.3. The van der Waals surface area contributed by atoms with Crippen LogP contribution in [0.25, 0.3) is 0 Å². The number of nitrogens with zero attached hydrogens (tertiary/aromatic N) is 2. The summed E-state index contributed by atoms with van der Waals surface area (Å²) in [6.07, 6.45) is 2.84. The van der Waals surface area contributed by atoms with Crippen LogP contribution in [-0.4, -0.2) is 68.5 Å². The molecule has 8 nitrogen and oxygen atoms in total. The highest BCUT2D eigenvalue weighted by Gasteiger charge is 2.33. The van der Waals surface area contributed by atoms with E-state index in [1.54, 1.807) is 12.1 Å². The normalized spacial score (nSPS) is 17.0. The Morgan fingerprint density at radius 3 is 2.30 bits per heavy atom. The van der Waals surface area contributed by atoms with Crippen molar-refractivity contribution in [2.45, 2.75) is 31.5 Å². The van der Waals surface area contributed by atoms with Crippen LogP contribution in [0.4, 0.5) is 0 Å². The molecule has 1 fully saturated rings. The molecule has 178 valence electrons. The van der Waals surface area contributed by atoms with E-state index in [9.17, 15) is 18.0 Å². The monoisotopic (exact) mass is 473 g/mol. The van der Waals surface area contributed by atoms with E-state index < -0.39 is 22.0 Å². The van der Waals surface area contributed by atoms with Crippen LogP contribution in [0.2, 0.25) is 0 Å². The van der Waals surface area contributed by atoms with Gasteiger partial charge in [-0.1, -0.05) is 60.7 Å². The third-order valence-electron chi connectivity index (χ3n) is 5.64. The van der Waals surface area contributed by atoms with Crippen molar-refractivity contribution in [2.75, 3.05) is 33.0 Å². The van der Waals surface area contributed by atoms with Crippen molar-refractivity contribution >= 4 is 21.8 Å². The van der Waals surface area contributed by atoms with Crippen molar-refractivity contribution in [2.24, 2.45) is 0 Å². The lowest BCUT2D eigenvalue weighted by Crippen LogP contribution is -2.48. The number of sulfonamides is 1. The maximum absolute atomic E-state index is 13.4. The number of carbonyl (C=O) groups is 2. The molecule has 1 aliphatic rings. The largest absolute Gasteiger partial charge is 0.376 e. The van der Waals surface area contributed by atoms with E-state index in [4.69, 9.17) is 4.74 Å². The van der Waals surface area contributed by atoms with Crippen LogP contribution < -0.4 is 5.32 Å². The van der Waals surface area contributed by atoms with Crippen LogP contribution in [0.3, 0.4) is 0 Å². The zero-order valence-electron chi connectivity index (χ0n) is 19.0. The number of likely N-dealkylation sites (N-methyl/N-ethyl adjacent to an activating group) is 1.